The maximum atomic E-state index is 12.3. The minimum Gasteiger partial charge on any atom is -0.378 e. The molecule has 1 aromatic rings. The highest BCUT2D eigenvalue weighted by Crippen LogP contribution is 2.18. The first-order chi connectivity index (χ1) is 11.0. The second-order valence-electron chi connectivity index (χ2n) is 6.28. The molecule has 0 aromatic heterocycles. The lowest BCUT2D eigenvalue weighted by atomic mass is 10.1. The van der Waals surface area contributed by atoms with Crippen LogP contribution >= 0.6 is 0 Å². The zero-order valence-electron chi connectivity index (χ0n) is 14.3. The number of hydrogen-bond donors (Lipinski definition) is 1. The fourth-order valence-electron chi connectivity index (χ4n) is 2.89. The highest BCUT2D eigenvalue weighted by molar-refractivity contribution is 5.82. The number of carbonyl (C=O) groups is 2. The zero-order chi connectivity index (χ0) is 16.8. The molecule has 0 saturated carbocycles. The Hall–Kier alpha value is -2.04. The monoisotopic (exact) mass is 317 g/mol. The summed E-state index contributed by atoms with van der Waals surface area (Å²) in [7, 11) is 4.02. The molecule has 0 spiro atoms. The number of hydrogen-bond acceptors (Lipinski definition) is 3. The largest absolute Gasteiger partial charge is 0.378 e. The van der Waals surface area contributed by atoms with Gasteiger partial charge in [0.05, 0.1) is 5.92 Å². The van der Waals surface area contributed by atoms with Gasteiger partial charge in [0.1, 0.15) is 0 Å². The van der Waals surface area contributed by atoms with Crippen LogP contribution in [0.1, 0.15) is 25.3 Å². The van der Waals surface area contributed by atoms with Gasteiger partial charge in [0.25, 0.3) is 0 Å². The number of carbonyl (C=O) groups excluding carboxylic acids is 2. The van der Waals surface area contributed by atoms with E-state index in [2.05, 4.69) is 34.5 Å². The van der Waals surface area contributed by atoms with E-state index in [4.69, 9.17) is 0 Å². The molecule has 1 unspecified atom stereocenters. The van der Waals surface area contributed by atoms with E-state index in [1.165, 1.54) is 5.56 Å². The SMILES string of the molecule is CCNC(=O)C1CCN(C(=O)CCc2ccc(N(C)C)cc2)C1. The van der Waals surface area contributed by atoms with Crippen LogP contribution in [0.4, 0.5) is 5.69 Å². The molecule has 1 aliphatic heterocycles. The lowest BCUT2D eigenvalue weighted by Crippen LogP contribution is -2.34. The van der Waals surface area contributed by atoms with Crippen LogP contribution in [-0.2, 0) is 16.0 Å². The van der Waals surface area contributed by atoms with Crippen LogP contribution in [0.3, 0.4) is 0 Å². The summed E-state index contributed by atoms with van der Waals surface area (Å²) in [4.78, 5) is 28.0. The molecule has 126 valence electrons. The Labute approximate surface area is 138 Å². The average Bonchev–Trinajstić information content (AvgIpc) is 3.03. The highest BCUT2D eigenvalue weighted by atomic mass is 16.2. The van der Waals surface area contributed by atoms with Crippen molar-refractivity contribution in [2.24, 2.45) is 5.92 Å². The van der Waals surface area contributed by atoms with E-state index in [0.717, 1.165) is 18.5 Å². The van der Waals surface area contributed by atoms with Gasteiger partial charge in [-0.3, -0.25) is 9.59 Å². The van der Waals surface area contributed by atoms with Gasteiger partial charge in [0, 0.05) is 45.8 Å². The van der Waals surface area contributed by atoms with Crippen molar-refractivity contribution in [3.8, 4) is 0 Å². The van der Waals surface area contributed by atoms with E-state index < -0.39 is 0 Å². The van der Waals surface area contributed by atoms with Crippen LogP contribution in [0.15, 0.2) is 24.3 Å². The molecule has 1 aliphatic rings. The van der Waals surface area contributed by atoms with Crippen molar-refractivity contribution in [2.75, 3.05) is 38.6 Å². The van der Waals surface area contributed by atoms with Crippen molar-refractivity contribution in [1.82, 2.24) is 10.2 Å². The predicted molar refractivity (Wildman–Crippen MR) is 92.5 cm³/mol. The summed E-state index contributed by atoms with van der Waals surface area (Å²) in [5.41, 5.74) is 2.33. The molecule has 1 heterocycles. The van der Waals surface area contributed by atoms with Gasteiger partial charge in [-0.25, -0.2) is 0 Å². The molecule has 1 saturated heterocycles. The Kier molecular flexibility index (Phi) is 6.02. The molecule has 0 bridgehead atoms. The number of benzene rings is 1. The van der Waals surface area contributed by atoms with Crippen molar-refractivity contribution in [1.29, 1.82) is 0 Å². The Morgan fingerprint density at radius 2 is 1.96 bits per heavy atom. The first-order valence-corrected chi connectivity index (χ1v) is 8.33. The smallest absolute Gasteiger partial charge is 0.224 e. The fourth-order valence-corrected chi connectivity index (χ4v) is 2.89. The Morgan fingerprint density at radius 3 is 2.57 bits per heavy atom. The van der Waals surface area contributed by atoms with Crippen LogP contribution in [-0.4, -0.2) is 50.4 Å². The van der Waals surface area contributed by atoms with Gasteiger partial charge in [-0.1, -0.05) is 12.1 Å². The first-order valence-electron chi connectivity index (χ1n) is 8.33. The van der Waals surface area contributed by atoms with Crippen LogP contribution in [0, 0.1) is 5.92 Å². The van der Waals surface area contributed by atoms with Gasteiger partial charge in [-0.05, 0) is 37.5 Å². The normalized spacial score (nSPS) is 17.2. The van der Waals surface area contributed by atoms with E-state index in [0.29, 0.717) is 26.1 Å². The molecular weight excluding hydrogens is 290 g/mol. The number of nitrogens with one attached hydrogen (secondary N) is 1. The lowest BCUT2D eigenvalue weighted by Gasteiger charge is -2.17. The molecule has 2 amide bonds. The number of amides is 2. The van der Waals surface area contributed by atoms with E-state index in [9.17, 15) is 9.59 Å². The van der Waals surface area contributed by atoms with E-state index in [1.807, 2.05) is 25.9 Å². The Bertz CT molecular complexity index is 540. The van der Waals surface area contributed by atoms with E-state index >= 15 is 0 Å². The summed E-state index contributed by atoms with van der Waals surface area (Å²) in [6.45, 7) is 3.81. The zero-order valence-corrected chi connectivity index (χ0v) is 14.3. The molecule has 1 fully saturated rings. The van der Waals surface area contributed by atoms with Gasteiger partial charge in [0.2, 0.25) is 11.8 Å². The third-order valence-electron chi connectivity index (χ3n) is 4.34. The second-order valence-corrected chi connectivity index (χ2v) is 6.28. The fraction of sp³-hybridized carbons (Fsp3) is 0.556. The molecule has 5 nitrogen and oxygen atoms in total. The van der Waals surface area contributed by atoms with Crippen molar-refractivity contribution < 1.29 is 9.59 Å². The molecule has 1 aromatic carbocycles. The molecule has 5 heteroatoms. The number of nitrogens with zero attached hydrogens (tertiary/aromatic N) is 2. The van der Waals surface area contributed by atoms with E-state index in [-0.39, 0.29) is 17.7 Å². The van der Waals surface area contributed by atoms with Crippen molar-refractivity contribution in [3.63, 3.8) is 0 Å². The third-order valence-corrected chi connectivity index (χ3v) is 4.34. The standard InChI is InChI=1S/C18H27N3O2/c1-4-19-18(23)15-11-12-21(13-15)17(22)10-7-14-5-8-16(9-6-14)20(2)3/h5-6,8-9,15H,4,7,10-13H2,1-3H3,(H,19,23). The Morgan fingerprint density at radius 1 is 1.26 bits per heavy atom. The van der Waals surface area contributed by atoms with Gasteiger partial charge in [-0.2, -0.15) is 0 Å². The molecule has 1 atom stereocenters. The van der Waals surface area contributed by atoms with Gasteiger partial charge >= 0.3 is 0 Å². The number of aryl methyl sites for hydroxylation is 1. The lowest BCUT2D eigenvalue weighted by molar-refractivity contribution is -0.130. The van der Waals surface area contributed by atoms with Gasteiger partial charge < -0.3 is 15.1 Å². The minimum absolute atomic E-state index is 0.0433. The number of anilines is 1. The summed E-state index contributed by atoms with van der Waals surface area (Å²) >= 11 is 0. The maximum Gasteiger partial charge on any atom is 0.224 e. The average molecular weight is 317 g/mol. The predicted octanol–water partition coefficient (Wildman–Crippen LogP) is 1.67. The molecular formula is C18H27N3O2. The molecule has 1 N–H and O–H groups in total. The van der Waals surface area contributed by atoms with Crippen LogP contribution in [0.2, 0.25) is 0 Å². The summed E-state index contributed by atoms with van der Waals surface area (Å²) in [6, 6.07) is 8.29. The number of likely N-dealkylation sites (tertiary alicyclic amines) is 1. The molecule has 0 radical (unpaired) electrons. The Balaban J connectivity index is 1.80. The quantitative estimate of drug-likeness (QED) is 0.868. The first kappa shape index (κ1) is 17.3. The van der Waals surface area contributed by atoms with Crippen LogP contribution in [0.5, 0.6) is 0 Å². The van der Waals surface area contributed by atoms with Crippen molar-refractivity contribution in [2.45, 2.75) is 26.2 Å². The van der Waals surface area contributed by atoms with Crippen LogP contribution < -0.4 is 10.2 Å². The molecule has 23 heavy (non-hydrogen) atoms. The summed E-state index contributed by atoms with van der Waals surface area (Å²) in [6.07, 6.45) is 2.02. The second kappa shape index (κ2) is 7.99. The minimum atomic E-state index is -0.0433. The van der Waals surface area contributed by atoms with Crippen molar-refractivity contribution >= 4 is 17.5 Å². The molecule has 0 aliphatic carbocycles. The summed E-state index contributed by atoms with van der Waals surface area (Å²) in [5.74, 6) is 0.175. The molecule has 2 rings (SSSR count). The van der Waals surface area contributed by atoms with Gasteiger partial charge in [0.15, 0.2) is 0 Å². The summed E-state index contributed by atoms with van der Waals surface area (Å²) < 4.78 is 0. The summed E-state index contributed by atoms with van der Waals surface area (Å²) in [5, 5.41) is 2.84. The topological polar surface area (TPSA) is 52.7 Å². The highest BCUT2D eigenvalue weighted by Gasteiger charge is 2.30. The number of rotatable bonds is 6. The van der Waals surface area contributed by atoms with Gasteiger partial charge in [-0.15, -0.1) is 0 Å². The van der Waals surface area contributed by atoms with Crippen LogP contribution in [0.25, 0.3) is 0 Å². The van der Waals surface area contributed by atoms with Crippen molar-refractivity contribution in [3.05, 3.63) is 29.8 Å². The maximum absolute atomic E-state index is 12.3. The third kappa shape index (κ3) is 4.71. The van der Waals surface area contributed by atoms with E-state index in [1.54, 1.807) is 0 Å².